The molecule has 0 spiro atoms. The Labute approximate surface area is 109 Å². The monoisotopic (exact) mass is 247 g/mol. The van der Waals surface area contributed by atoms with E-state index in [0.29, 0.717) is 12.5 Å². The molecule has 0 aliphatic carbocycles. The van der Waals surface area contributed by atoms with E-state index >= 15 is 0 Å². The van der Waals surface area contributed by atoms with Crippen molar-refractivity contribution >= 4 is 5.91 Å². The fourth-order valence-corrected chi connectivity index (χ4v) is 1.48. The topological polar surface area (TPSA) is 38.3 Å². The summed E-state index contributed by atoms with van der Waals surface area (Å²) < 4.78 is 5.52. The van der Waals surface area contributed by atoms with E-state index in [1.165, 1.54) is 0 Å². The molecule has 0 radical (unpaired) electrons. The van der Waals surface area contributed by atoms with Crippen molar-refractivity contribution in [3.8, 4) is 5.75 Å². The van der Waals surface area contributed by atoms with Gasteiger partial charge in [-0.2, -0.15) is 0 Å². The van der Waals surface area contributed by atoms with Gasteiger partial charge in [-0.05, 0) is 24.0 Å². The quantitative estimate of drug-likeness (QED) is 0.752. The number of rotatable bonds is 7. The number of amides is 1. The molecule has 0 saturated heterocycles. The first-order valence-corrected chi connectivity index (χ1v) is 6.21. The highest BCUT2D eigenvalue weighted by molar-refractivity contribution is 5.77. The van der Waals surface area contributed by atoms with Crippen LogP contribution in [0.25, 0.3) is 0 Å². The van der Waals surface area contributed by atoms with Crippen molar-refractivity contribution in [1.29, 1.82) is 0 Å². The van der Waals surface area contributed by atoms with E-state index in [1.54, 1.807) is 0 Å². The van der Waals surface area contributed by atoms with Crippen LogP contribution in [-0.4, -0.2) is 19.1 Å². The van der Waals surface area contributed by atoms with Crippen molar-refractivity contribution in [2.24, 2.45) is 5.92 Å². The third-order valence-electron chi connectivity index (χ3n) is 2.40. The zero-order valence-corrected chi connectivity index (χ0v) is 11.1. The molecule has 1 aromatic rings. The Balaban J connectivity index is 2.47. The summed E-state index contributed by atoms with van der Waals surface area (Å²) in [6.45, 7) is 8.55. The van der Waals surface area contributed by atoms with E-state index in [-0.39, 0.29) is 12.5 Å². The predicted octanol–water partition coefficient (Wildman–Crippen LogP) is 2.57. The summed E-state index contributed by atoms with van der Waals surface area (Å²) in [5.41, 5.74) is 1.05. The first-order chi connectivity index (χ1) is 8.63. The van der Waals surface area contributed by atoms with Gasteiger partial charge in [-0.3, -0.25) is 4.79 Å². The Kier molecular flexibility index (Phi) is 5.98. The van der Waals surface area contributed by atoms with Crippen LogP contribution in [0.3, 0.4) is 0 Å². The lowest BCUT2D eigenvalue weighted by Crippen LogP contribution is -2.31. The molecule has 1 amide bonds. The van der Waals surface area contributed by atoms with Crippen LogP contribution in [0.1, 0.15) is 19.4 Å². The predicted molar refractivity (Wildman–Crippen MR) is 73.7 cm³/mol. The molecule has 0 aliphatic heterocycles. The van der Waals surface area contributed by atoms with Crippen molar-refractivity contribution in [3.05, 3.63) is 42.5 Å². The van der Waals surface area contributed by atoms with Crippen LogP contribution in [0.15, 0.2) is 36.9 Å². The molecule has 0 aliphatic rings. The second-order valence-electron chi connectivity index (χ2n) is 4.59. The largest absolute Gasteiger partial charge is 0.483 e. The number of carbonyl (C=O) groups is 1. The number of carbonyl (C=O) groups excluding carboxylic acids is 1. The number of allylic oxidation sites excluding steroid dienone is 1. The molecule has 1 rings (SSSR count). The molecular weight excluding hydrogens is 226 g/mol. The maximum Gasteiger partial charge on any atom is 0.257 e. The Hall–Kier alpha value is -1.77. The van der Waals surface area contributed by atoms with Crippen LogP contribution in [0.5, 0.6) is 5.75 Å². The SMILES string of the molecule is C=CCc1ccccc1OCC(=O)NCC(C)C. The lowest BCUT2D eigenvalue weighted by atomic mass is 10.1. The number of benzene rings is 1. The van der Waals surface area contributed by atoms with E-state index in [9.17, 15) is 4.79 Å². The molecular formula is C15H21NO2. The van der Waals surface area contributed by atoms with Crippen LogP contribution in [0.2, 0.25) is 0 Å². The van der Waals surface area contributed by atoms with Gasteiger partial charge < -0.3 is 10.1 Å². The Morgan fingerprint density at radius 2 is 2.17 bits per heavy atom. The third kappa shape index (κ3) is 5.04. The first-order valence-electron chi connectivity index (χ1n) is 6.21. The average Bonchev–Trinajstić information content (AvgIpc) is 2.35. The van der Waals surface area contributed by atoms with Crippen molar-refractivity contribution in [2.45, 2.75) is 20.3 Å². The first kappa shape index (κ1) is 14.3. The minimum Gasteiger partial charge on any atom is -0.483 e. The summed E-state index contributed by atoms with van der Waals surface area (Å²) in [5, 5.41) is 2.82. The van der Waals surface area contributed by atoms with Crippen molar-refractivity contribution in [1.82, 2.24) is 5.32 Å². The Bertz CT molecular complexity index is 399. The van der Waals surface area contributed by atoms with Gasteiger partial charge in [0.2, 0.25) is 0 Å². The van der Waals surface area contributed by atoms with Crippen molar-refractivity contribution in [2.75, 3.05) is 13.2 Å². The van der Waals surface area contributed by atoms with Gasteiger partial charge in [-0.1, -0.05) is 38.1 Å². The van der Waals surface area contributed by atoms with Crippen LogP contribution < -0.4 is 10.1 Å². The Morgan fingerprint density at radius 3 is 2.83 bits per heavy atom. The highest BCUT2D eigenvalue weighted by Gasteiger charge is 2.06. The maximum absolute atomic E-state index is 11.5. The molecule has 0 bridgehead atoms. The van der Waals surface area contributed by atoms with Crippen LogP contribution in [0, 0.1) is 5.92 Å². The summed E-state index contributed by atoms with van der Waals surface area (Å²) in [6, 6.07) is 7.69. The molecule has 0 unspecified atom stereocenters. The molecule has 0 saturated carbocycles. The number of para-hydroxylation sites is 1. The molecule has 3 heteroatoms. The van der Waals surface area contributed by atoms with Gasteiger partial charge >= 0.3 is 0 Å². The summed E-state index contributed by atoms with van der Waals surface area (Å²) >= 11 is 0. The highest BCUT2D eigenvalue weighted by atomic mass is 16.5. The fraction of sp³-hybridized carbons (Fsp3) is 0.400. The molecule has 98 valence electrons. The van der Waals surface area contributed by atoms with Crippen LogP contribution in [0.4, 0.5) is 0 Å². The van der Waals surface area contributed by atoms with Gasteiger partial charge in [-0.25, -0.2) is 0 Å². The normalized spacial score (nSPS) is 10.2. The highest BCUT2D eigenvalue weighted by Crippen LogP contribution is 2.18. The molecule has 1 aromatic carbocycles. The molecule has 18 heavy (non-hydrogen) atoms. The van der Waals surface area contributed by atoms with E-state index in [4.69, 9.17) is 4.74 Å². The second kappa shape index (κ2) is 7.54. The average molecular weight is 247 g/mol. The van der Waals surface area contributed by atoms with E-state index in [1.807, 2.05) is 30.3 Å². The lowest BCUT2D eigenvalue weighted by molar-refractivity contribution is -0.123. The summed E-state index contributed by atoms with van der Waals surface area (Å²) in [4.78, 5) is 11.5. The van der Waals surface area contributed by atoms with Crippen molar-refractivity contribution in [3.63, 3.8) is 0 Å². The molecule has 0 aromatic heterocycles. The zero-order valence-electron chi connectivity index (χ0n) is 11.1. The minimum atomic E-state index is -0.0860. The maximum atomic E-state index is 11.5. The molecule has 3 nitrogen and oxygen atoms in total. The smallest absolute Gasteiger partial charge is 0.257 e. The van der Waals surface area contributed by atoms with Crippen molar-refractivity contribution < 1.29 is 9.53 Å². The molecule has 0 atom stereocenters. The number of hydrogen-bond acceptors (Lipinski definition) is 2. The summed E-state index contributed by atoms with van der Waals surface area (Å²) in [7, 11) is 0. The fourth-order valence-electron chi connectivity index (χ4n) is 1.48. The number of hydrogen-bond donors (Lipinski definition) is 1. The van der Waals surface area contributed by atoms with E-state index < -0.39 is 0 Å². The van der Waals surface area contributed by atoms with E-state index in [0.717, 1.165) is 17.7 Å². The van der Waals surface area contributed by atoms with E-state index in [2.05, 4.69) is 25.7 Å². The molecule has 1 N–H and O–H groups in total. The van der Waals surface area contributed by atoms with Gasteiger partial charge in [0.1, 0.15) is 5.75 Å². The molecule has 0 fully saturated rings. The van der Waals surface area contributed by atoms with Crippen LogP contribution in [-0.2, 0) is 11.2 Å². The lowest BCUT2D eigenvalue weighted by Gasteiger charge is -2.11. The Morgan fingerprint density at radius 1 is 1.44 bits per heavy atom. The van der Waals surface area contributed by atoms with Gasteiger partial charge in [0, 0.05) is 6.54 Å². The zero-order chi connectivity index (χ0) is 13.4. The summed E-state index contributed by atoms with van der Waals surface area (Å²) in [5.74, 6) is 1.11. The van der Waals surface area contributed by atoms with Crippen LogP contribution >= 0.6 is 0 Å². The standard InChI is InChI=1S/C15H21NO2/c1-4-7-13-8-5-6-9-14(13)18-11-15(17)16-10-12(2)3/h4-6,8-9,12H,1,7,10-11H2,2-3H3,(H,16,17). The number of ether oxygens (including phenoxy) is 1. The minimum absolute atomic E-state index is 0.0564. The third-order valence-corrected chi connectivity index (χ3v) is 2.40. The van der Waals surface area contributed by atoms with Gasteiger partial charge in [0.25, 0.3) is 5.91 Å². The van der Waals surface area contributed by atoms with Gasteiger partial charge in [-0.15, -0.1) is 6.58 Å². The molecule has 0 heterocycles. The summed E-state index contributed by atoms with van der Waals surface area (Å²) in [6.07, 6.45) is 2.56. The van der Waals surface area contributed by atoms with Gasteiger partial charge in [0.15, 0.2) is 6.61 Å². The van der Waals surface area contributed by atoms with Gasteiger partial charge in [0.05, 0.1) is 0 Å². The second-order valence-corrected chi connectivity index (χ2v) is 4.59. The number of nitrogens with one attached hydrogen (secondary N) is 1.